The van der Waals surface area contributed by atoms with Crippen molar-refractivity contribution in [1.82, 2.24) is 0 Å². The predicted molar refractivity (Wildman–Crippen MR) is 78.6 cm³/mol. The Kier molecular flexibility index (Phi) is 4.89. The molecule has 0 fully saturated rings. The molecule has 0 atom stereocenters. The molecule has 8 heteroatoms. The Morgan fingerprint density at radius 3 is 2.11 bits per heavy atom. The Labute approximate surface area is 110 Å². The summed E-state index contributed by atoms with van der Waals surface area (Å²) in [5, 5.41) is 0. The Hall–Kier alpha value is -1.85. The predicted octanol–water partition coefficient (Wildman–Crippen LogP) is -3.80. The molecule has 0 aliphatic rings. The molecule has 0 spiro atoms. The van der Waals surface area contributed by atoms with Crippen LogP contribution >= 0.6 is 0 Å². The van der Waals surface area contributed by atoms with Crippen LogP contribution in [0.2, 0.25) is 0 Å². The molecule has 0 aliphatic carbocycles. The number of nitrogens with two attached hydrogens (primary N) is 3. The van der Waals surface area contributed by atoms with E-state index in [1.54, 1.807) is 12.1 Å². The highest BCUT2D eigenvalue weighted by Gasteiger charge is 2.00. The van der Waals surface area contributed by atoms with Crippen LogP contribution in [0.15, 0.2) is 22.1 Å². The largest absolute Gasteiger partial charge is 0.370 e. The van der Waals surface area contributed by atoms with E-state index >= 15 is 0 Å². The lowest BCUT2D eigenvalue weighted by Gasteiger charge is -2.09. The van der Waals surface area contributed by atoms with E-state index in [4.69, 9.17) is 40.7 Å². The molecule has 0 amide bonds. The van der Waals surface area contributed by atoms with Crippen LogP contribution < -0.4 is 33.6 Å². The summed E-state index contributed by atoms with van der Waals surface area (Å²) in [6, 6.07) is 3.50. The van der Waals surface area contributed by atoms with Crippen LogP contribution in [0.1, 0.15) is 5.56 Å². The van der Waals surface area contributed by atoms with Gasteiger partial charge in [-0.15, -0.1) is 16.4 Å². The minimum absolute atomic E-state index is 0.0337. The highest BCUT2D eigenvalue weighted by atomic mass is 15.1. The van der Waals surface area contributed by atoms with Crippen LogP contribution in [0.4, 0.5) is 0 Å². The van der Waals surface area contributed by atoms with Gasteiger partial charge < -0.3 is 17.2 Å². The molecule has 0 unspecified atom stereocenters. The number of nitrogens with zero attached hydrogens (tertiary/aromatic N) is 2. The first-order valence-electron chi connectivity index (χ1n) is 5.23. The molecule has 1 aromatic rings. The van der Waals surface area contributed by atoms with Crippen molar-refractivity contribution in [3.05, 3.63) is 17.7 Å². The van der Waals surface area contributed by atoms with Crippen molar-refractivity contribution >= 4 is 51.8 Å². The number of benzene rings is 1. The molecule has 18 heavy (non-hydrogen) atoms. The van der Waals surface area contributed by atoms with Gasteiger partial charge in [-0.1, -0.05) is 12.1 Å². The molecule has 1 rings (SSSR count). The standard InChI is InChI=1S/C10H12B3N5/c11-6-3-5(4-7(12)8(6)13)1-2-17-10(16)18-9(14)15/h3-4H,1-2H2,(H6,14,15,16,17,18). The van der Waals surface area contributed by atoms with Crippen molar-refractivity contribution in [1.29, 1.82) is 0 Å². The van der Waals surface area contributed by atoms with E-state index in [-0.39, 0.29) is 11.9 Å². The van der Waals surface area contributed by atoms with Crippen LogP contribution in [0.25, 0.3) is 0 Å². The molecule has 6 N–H and O–H groups in total. The first kappa shape index (κ1) is 14.2. The maximum Gasteiger partial charge on any atom is 0.218 e. The summed E-state index contributed by atoms with van der Waals surface area (Å²) in [6.45, 7) is 0.422. The van der Waals surface area contributed by atoms with Crippen LogP contribution in [0.5, 0.6) is 0 Å². The smallest absolute Gasteiger partial charge is 0.218 e. The van der Waals surface area contributed by atoms with Gasteiger partial charge in [0.1, 0.15) is 23.5 Å². The normalized spacial score (nSPS) is 11.2. The maximum absolute atomic E-state index is 5.70. The topological polar surface area (TPSA) is 103 Å². The molecule has 0 saturated carbocycles. The molecular formula is C10H12B3N5. The lowest BCUT2D eigenvalue weighted by molar-refractivity contribution is 0.964. The number of rotatable bonds is 3. The van der Waals surface area contributed by atoms with E-state index in [0.717, 1.165) is 5.56 Å². The summed E-state index contributed by atoms with van der Waals surface area (Å²) in [5.74, 6) is -0.0939. The highest BCUT2D eigenvalue weighted by Crippen LogP contribution is 1.95. The van der Waals surface area contributed by atoms with Crippen molar-refractivity contribution in [2.24, 2.45) is 27.2 Å². The van der Waals surface area contributed by atoms with Gasteiger partial charge in [-0.05, 0) is 12.0 Å². The minimum Gasteiger partial charge on any atom is -0.370 e. The Morgan fingerprint density at radius 2 is 1.61 bits per heavy atom. The Morgan fingerprint density at radius 1 is 1.06 bits per heavy atom. The van der Waals surface area contributed by atoms with Crippen LogP contribution in [-0.2, 0) is 6.42 Å². The van der Waals surface area contributed by atoms with Gasteiger partial charge in [-0.2, -0.15) is 4.99 Å². The average molecular weight is 235 g/mol. The zero-order valence-corrected chi connectivity index (χ0v) is 9.93. The van der Waals surface area contributed by atoms with E-state index in [0.29, 0.717) is 29.4 Å². The average Bonchev–Trinajstić information content (AvgIpc) is 2.24. The molecule has 6 radical (unpaired) electrons. The summed E-state index contributed by atoms with van der Waals surface area (Å²) in [5.41, 5.74) is 18.0. The Bertz CT molecular complexity index is 471. The Balaban J connectivity index is 2.68. The molecular weight excluding hydrogens is 223 g/mol. The lowest BCUT2D eigenvalue weighted by atomic mass is 9.71. The van der Waals surface area contributed by atoms with E-state index in [1.807, 2.05) is 0 Å². The zero-order valence-electron chi connectivity index (χ0n) is 9.93. The second-order valence-corrected chi connectivity index (χ2v) is 3.71. The third-order valence-electron chi connectivity index (χ3n) is 2.22. The van der Waals surface area contributed by atoms with E-state index in [9.17, 15) is 0 Å². The SMILES string of the molecule is [B]c1cc(CCN=C(N)N=C(N)N)cc([B])c1[B]. The van der Waals surface area contributed by atoms with Crippen molar-refractivity contribution in [2.75, 3.05) is 6.54 Å². The van der Waals surface area contributed by atoms with Crippen LogP contribution in [0, 0.1) is 0 Å². The molecule has 5 nitrogen and oxygen atoms in total. The first-order valence-corrected chi connectivity index (χ1v) is 5.23. The zero-order chi connectivity index (χ0) is 13.7. The molecule has 1 aromatic carbocycles. The van der Waals surface area contributed by atoms with Crippen LogP contribution in [-0.4, -0.2) is 42.0 Å². The number of hydrogen-bond donors (Lipinski definition) is 3. The van der Waals surface area contributed by atoms with Gasteiger partial charge in [0.05, 0.1) is 0 Å². The van der Waals surface area contributed by atoms with E-state index < -0.39 is 0 Å². The van der Waals surface area contributed by atoms with Gasteiger partial charge in [0.2, 0.25) is 5.96 Å². The van der Waals surface area contributed by atoms with Gasteiger partial charge in [0, 0.05) is 6.54 Å². The third-order valence-corrected chi connectivity index (χ3v) is 2.22. The molecule has 0 bridgehead atoms. The first-order chi connectivity index (χ1) is 8.40. The maximum atomic E-state index is 5.70. The fourth-order valence-corrected chi connectivity index (χ4v) is 1.37. The molecule has 0 aliphatic heterocycles. The van der Waals surface area contributed by atoms with Gasteiger partial charge in [-0.25, -0.2) is 0 Å². The van der Waals surface area contributed by atoms with Gasteiger partial charge in [-0.3, -0.25) is 4.99 Å². The van der Waals surface area contributed by atoms with Gasteiger partial charge >= 0.3 is 0 Å². The third kappa shape index (κ3) is 4.20. The lowest BCUT2D eigenvalue weighted by Crippen LogP contribution is -2.39. The quantitative estimate of drug-likeness (QED) is 0.284. The summed E-state index contributed by atoms with van der Waals surface area (Å²) in [4.78, 5) is 7.56. The van der Waals surface area contributed by atoms with Crippen molar-refractivity contribution in [3.8, 4) is 0 Å². The second-order valence-electron chi connectivity index (χ2n) is 3.71. The van der Waals surface area contributed by atoms with Gasteiger partial charge in [0.15, 0.2) is 5.96 Å². The van der Waals surface area contributed by atoms with Crippen molar-refractivity contribution < 1.29 is 0 Å². The number of guanidine groups is 2. The fourth-order valence-electron chi connectivity index (χ4n) is 1.37. The van der Waals surface area contributed by atoms with Crippen molar-refractivity contribution in [2.45, 2.75) is 6.42 Å². The number of aliphatic imine (C=N–C) groups is 2. The summed E-state index contributed by atoms with van der Waals surface area (Å²) in [7, 11) is 17.0. The fraction of sp³-hybridized carbons (Fsp3) is 0.200. The number of hydrogen-bond acceptors (Lipinski definition) is 1. The summed E-state index contributed by atoms with van der Waals surface area (Å²) in [6.07, 6.45) is 0.607. The van der Waals surface area contributed by atoms with E-state index in [1.165, 1.54) is 0 Å². The molecule has 86 valence electrons. The molecule has 0 saturated heterocycles. The highest BCUT2D eigenvalue weighted by molar-refractivity contribution is 6.57. The van der Waals surface area contributed by atoms with E-state index in [2.05, 4.69) is 9.98 Å². The minimum atomic E-state index is -0.128. The molecule has 0 aromatic heterocycles. The molecule has 0 heterocycles. The van der Waals surface area contributed by atoms with Crippen LogP contribution in [0.3, 0.4) is 0 Å². The second kappa shape index (κ2) is 6.19. The summed E-state index contributed by atoms with van der Waals surface area (Å²) < 4.78 is 0. The van der Waals surface area contributed by atoms with Gasteiger partial charge in [0.25, 0.3) is 0 Å². The monoisotopic (exact) mass is 235 g/mol. The van der Waals surface area contributed by atoms with Crippen molar-refractivity contribution in [3.63, 3.8) is 0 Å². The summed E-state index contributed by atoms with van der Waals surface area (Å²) >= 11 is 0.